The third-order valence-electron chi connectivity index (χ3n) is 4.89. The van der Waals surface area contributed by atoms with E-state index >= 15 is 0 Å². The van der Waals surface area contributed by atoms with E-state index in [0.29, 0.717) is 0 Å². The van der Waals surface area contributed by atoms with E-state index in [1.54, 1.807) is 6.92 Å². The van der Waals surface area contributed by atoms with Crippen LogP contribution in [0.4, 0.5) is 0 Å². The van der Waals surface area contributed by atoms with Crippen LogP contribution in [0.5, 0.6) is 0 Å². The standard InChI is InChI=1S/C20H27NO2/c1-15(22)16-8-10-17(11-9-16)20-13-12-19(23-20)14-21-18-6-4-2-3-5-7-18/h8-13,15,18,21-22H,2-7,14H2,1H3/p+1/t15-/m0/s1. The van der Waals surface area contributed by atoms with Gasteiger partial charge in [0.15, 0.2) is 5.76 Å². The largest absolute Gasteiger partial charge is 0.455 e. The lowest BCUT2D eigenvalue weighted by atomic mass is 10.1. The highest BCUT2D eigenvalue weighted by atomic mass is 16.3. The normalized spacial score (nSPS) is 17.8. The molecule has 0 spiro atoms. The monoisotopic (exact) mass is 314 g/mol. The minimum atomic E-state index is -0.426. The lowest BCUT2D eigenvalue weighted by Gasteiger charge is -2.11. The number of aliphatic hydroxyl groups is 1. The molecule has 3 heteroatoms. The summed E-state index contributed by atoms with van der Waals surface area (Å²) in [5, 5.41) is 12.0. The van der Waals surface area contributed by atoms with Crippen molar-refractivity contribution in [3.63, 3.8) is 0 Å². The maximum atomic E-state index is 9.58. The number of quaternary nitrogens is 1. The van der Waals surface area contributed by atoms with Crippen LogP contribution in [0.15, 0.2) is 40.8 Å². The van der Waals surface area contributed by atoms with Crippen LogP contribution in [0.2, 0.25) is 0 Å². The zero-order valence-corrected chi connectivity index (χ0v) is 14.0. The smallest absolute Gasteiger partial charge is 0.158 e. The van der Waals surface area contributed by atoms with E-state index in [4.69, 9.17) is 4.42 Å². The van der Waals surface area contributed by atoms with Crippen molar-refractivity contribution in [2.45, 2.75) is 64.1 Å². The van der Waals surface area contributed by atoms with Crippen molar-refractivity contribution in [2.24, 2.45) is 0 Å². The Hall–Kier alpha value is -1.58. The molecule has 0 unspecified atom stereocenters. The molecule has 3 nitrogen and oxygen atoms in total. The van der Waals surface area contributed by atoms with E-state index in [0.717, 1.165) is 35.2 Å². The van der Waals surface area contributed by atoms with Gasteiger partial charge < -0.3 is 14.8 Å². The molecule has 3 N–H and O–H groups in total. The molecule has 1 aliphatic carbocycles. The molecule has 1 fully saturated rings. The van der Waals surface area contributed by atoms with Crippen LogP contribution in [0, 0.1) is 0 Å². The summed E-state index contributed by atoms with van der Waals surface area (Å²) in [7, 11) is 0. The number of hydrogen-bond acceptors (Lipinski definition) is 2. The first-order valence-corrected chi connectivity index (χ1v) is 8.93. The number of aliphatic hydroxyl groups excluding tert-OH is 1. The fraction of sp³-hybridized carbons (Fsp3) is 0.500. The Balaban J connectivity index is 1.59. The van der Waals surface area contributed by atoms with E-state index in [-0.39, 0.29) is 0 Å². The zero-order valence-electron chi connectivity index (χ0n) is 14.0. The number of rotatable bonds is 5. The average molecular weight is 314 g/mol. The minimum absolute atomic E-state index is 0.426. The second-order valence-electron chi connectivity index (χ2n) is 6.76. The van der Waals surface area contributed by atoms with E-state index in [1.165, 1.54) is 38.5 Å². The van der Waals surface area contributed by atoms with Gasteiger partial charge in [0.2, 0.25) is 0 Å². The van der Waals surface area contributed by atoms with Crippen LogP contribution in [-0.2, 0) is 6.54 Å². The van der Waals surface area contributed by atoms with Crippen molar-refractivity contribution in [3.05, 3.63) is 47.7 Å². The van der Waals surface area contributed by atoms with Crippen LogP contribution >= 0.6 is 0 Å². The van der Waals surface area contributed by atoms with E-state index in [9.17, 15) is 5.11 Å². The SMILES string of the molecule is C[C@H](O)c1ccc(-c2ccc(C[NH2+]C3CCCCCC3)o2)cc1. The van der Waals surface area contributed by atoms with Crippen molar-refractivity contribution in [3.8, 4) is 11.3 Å². The lowest BCUT2D eigenvalue weighted by Crippen LogP contribution is -2.88. The molecule has 0 bridgehead atoms. The van der Waals surface area contributed by atoms with Gasteiger partial charge in [-0.1, -0.05) is 37.1 Å². The summed E-state index contributed by atoms with van der Waals surface area (Å²) in [4.78, 5) is 0. The Morgan fingerprint density at radius 1 is 1.04 bits per heavy atom. The highest BCUT2D eigenvalue weighted by Gasteiger charge is 2.15. The Labute approximate surface area is 138 Å². The molecule has 0 radical (unpaired) electrons. The molecule has 23 heavy (non-hydrogen) atoms. The molecule has 1 aliphatic rings. The highest BCUT2D eigenvalue weighted by Crippen LogP contribution is 2.24. The van der Waals surface area contributed by atoms with E-state index < -0.39 is 6.10 Å². The third kappa shape index (κ3) is 4.46. The molecule has 3 rings (SSSR count). The molecule has 0 saturated heterocycles. The van der Waals surface area contributed by atoms with Crippen molar-refractivity contribution in [1.29, 1.82) is 0 Å². The van der Waals surface area contributed by atoms with Gasteiger partial charge in [0.1, 0.15) is 12.3 Å². The fourth-order valence-electron chi connectivity index (χ4n) is 3.40. The maximum absolute atomic E-state index is 9.58. The number of nitrogens with two attached hydrogens (primary N) is 1. The van der Waals surface area contributed by atoms with Gasteiger partial charge in [-0.3, -0.25) is 0 Å². The van der Waals surface area contributed by atoms with E-state index in [2.05, 4.69) is 11.4 Å². The maximum Gasteiger partial charge on any atom is 0.158 e. The third-order valence-corrected chi connectivity index (χ3v) is 4.89. The predicted molar refractivity (Wildman–Crippen MR) is 91.9 cm³/mol. The molecule has 1 atom stereocenters. The topological polar surface area (TPSA) is 50.0 Å². The van der Waals surface area contributed by atoms with Crippen molar-refractivity contribution in [2.75, 3.05) is 0 Å². The van der Waals surface area contributed by atoms with Gasteiger partial charge in [0.05, 0.1) is 12.1 Å². The van der Waals surface area contributed by atoms with Gasteiger partial charge in [0, 0.05) is 5.56 Å². The Bertz CT molecular complexity index is 592. The minimum Gasteiger partial charge on any atom is -0.455 e. The van der Waals surface area contributed by atoms with Crippen LogP contribution in [0.3, 0.4) is 0 Å². The predicted octanol–water partition coefficient (Wildman–Crippen LogP) is 3.79. The van der Waals surface area contributed by atoms with Crippen molar-refractivity contribution < 1.29 is 14.8 Å². The second-order valence-corrected chi connectivity index (χ2v) is 6.76. The van der Waals surface area contributed by atoms with E-state index in [1.807, 2.05) is 30.3 Å². The summed E-state index contributed by atoms with van der Waals surface area (Å²) in [6.45, 7) is 2.71. The molecule has 1 saturated carbocycles. The average Bonchev–Trinajstić information content (AvgIpc) is 2.88. The Kier molecular flexibility index (Phi) is 5.52. The van der Waals surface area contributed by atoms with Crippen molar-refractivity contribution >= 4 is 0 Å². The molecule has 2 aromatic rings. The van der Waals surface area contributed by atoms with Gasteiger partial charge in [-0.2, -0.15) is 0 Å². The first-order valence-electron chi connectivity index (χ1n) is 8.93. The number of benzene rings is 1. The van der Waals surface area contributed by atoms with Gasteiger partial charge in [-0.25, -0.2) is 0 Å². The van der Waals surface area contributed by atoms with Gasteiger partial charge in [0.25, 0.3) is 0 Å². The highest BCUT2D eigenvalue weighted by molar-refractivity contribution is 5.58. The summed E-state index contributed by atoms with van der Waals surface area (Å²) >= 11 is 0. The second kappa shape index (κ2) is 7.80. The molecular weight excluding hydrogens is 286 g/mol. The molecule has 1 aromatic carbocycles. The molecule has 1 heterocycles. The van der Waals surface area contributed by atoms with Crippen LogP contribution < -0.4 is 5.32 Å². The summed E-state index contributed by atoms with van der Waals surface area (Å²) in [5.41, 5.74) is 2.00. The summed E-state index contributed by atoms with van der Waals surface area (Å²) in [5.74, 6) is 1.95. The van der Waals surface area contributed by atoms with Crippen molar-refractivity contribution in [1.82, 2.24) is 0 Å². The fourth-order valence-corrected chi connectivity index (χ4v) is 3.40. The first-order chi connectivity index (χ1) is 11.2. The molecule has 124 valence electrons. The van der Waals surface area contributed by atoms with Gasteiger partial charge >= 0.3 is 0 Å². The molecular formula is C20H28NO2+. The number of furan rings is 1. The van der Waals surface area contributed by atoms with Crippen LogP contribution in [0.1, 0.15) is 62.9 Å². The Morgan fingerprint density at radius 3 is 2.39 bits per heavy atom. The lowest BCUT2D eigenvalue weighted by molar-refractivity contribution is -0.707. The Morgan fingerprint density at radius 2 is 1.74 bits per heavy atom. The van der Waals surface area contributed by atoms with Crippen LogP contribution in [-0.4, -0.2) is 11.1 Å². The summed E-state index contributed by atoms with van der Waals surface area (Å²) < 4.78 is 6.00. The summed E-state index contributed by atoms with van der Waals surface area (Å²) in [6.07, 6.45) is 7.81. The number of hydrogen-bond donors (Lipinski definition) is 2. The molecule has 0 aliphatic heterocycles. The van der Waals surface area contributed by atoms with Crippen LogP contribution in [0.25, 0.3) is 11.3 Å². The van der Waals surface area contributed by atoms with Gasteiger partial charge in [-0.15, -0.1) is 0 Å². The quantitative estimate of drug-likeness (QED) is 0.825. The molecule has 0 amide bonds. The first kappa shape index (κ1) is 16.3. The van der Waals surface area contributed by atoms with Gasteiger partial charge in [-0.05, 0) is 50.3 Å². The zero-order chi connectivity index (χ0) is 16.1. The summed E-state index contributed by atoms with van der Waals surface area (Å²) in [6, 6.07) is 12.8. The molecule has 1 aromatic heterocycles.